The first kappa shape index (κ1) is 25.6. The van der Waals surface area contributed by atoms with Gasteiger partial charge < -0.3 is 4.57 Å². The van der Waals surface area contributed by atoms with Crippen molar-refractivity contribution in [2.45, 2.75) is 26.2 Å². The maximum Gasteiger partial charge on any atom is 0.0541 e. The highest BCUT2D eigenvalue weighted by Crippen LogP contribution is 2.45. The van der Waals surface area contributed by atoms with Gasteiger partial charge in [-0.3, -0.25) is 0 Å². The van der Waals surface area contributed by atoms with Crippen molar-refractivity contribution in [1.82, 2.24) is 4.57 Å². The second-order valence-corrected chi connectivity index (χ2v) is 12.6. The number of hydrogen-bond donors (Lipinski definition) is 0. The highest BCUT2D eigenvalue weighted by molar-refractivity contribution is 6.21. The Morgan fingerprint density at radius 2 is 0.814 bits per heavy atom. The van der Waals surface area contributed by atoms with Gasteiger partial charge in [0.15, 0.2) is 0 Å². The van der Waals surface area contributed by atoms with E-state index in [9.17, 15) is 0 Å². The Morgan fingerprint density at radius 1 is 0.395 bits per heavy atom. The van der Waals surface area contributed by atoms with Crippen molar-refractivity contribution in [2.24, 2.45) is 0 Å². The zero-order valence-corrected chi connectivity index (χ0v) is 24.8. The summed E-state index contributed by atoms with van der Waals surface area (Å²) in [5, 5.41) is 7.68. The molecule has 8 aromatic rings. The van der Waals surface area contributed by atoms with E-state index in [2.05, 4.69) is 171 Å². The van der Waals surface area contributed by atoms with E-state index in [1.54, 1.807) is 0 Å². The van der Waals surface area contributed by atoms with Gasteiger partial charge in [0.2, 0.25) is 0 Å². The summed E-state index contributed by atoms with van der Waals surface area (Å²) < 4.78 is 2.45. The van der Waals surface area contributed by atoms with Crippen LogP contribution in [0.2, 0.25) is 0 Å². The molecule has 0 amide bonds. The summed E-state index contributed by atoms with van der Waals surface area (Å²) in [7, 11) is 0. The standard InChI is InChI=1S/C42H33N/c1-42(2,3)30-25-29(26-31(27-30)43-38-23-13-11-17-32(38)33-18-12-14-24-39(33)43)41-36-21-9-7-19-34(36)40(28-15-5-4-6-16-28)35-20-8-10-22-37(35)41/h4-27H,1-3H3. The maximum absolute atomic E-state index is 2.45. The molecule has 0 saturated heterocycles. The van der Waals surface area contributed by atoms with Gasteiger partial charge in [-0.1, -0.05) is 142 Å². The second-order valence-electron chi connectivity index (χ2n) is 12.6. The first-order valence-electron chi connectivity index (χ1n) is 15.1. The summed E-state index contributed by atoms with van der Waals surface area (Å²) in [6.45, 7) is 6.95. The molecule has 0 aliphatic rings. The molecule has 7 aromatic carbocycles. The SMILES string of the molecule is CC(C)(C)c1cc(-c2c3ccccc3c(-c3ccccc3)c3ccccc23)cc(-n2c3ccccc3c3ccccc32)c1. The third-order valence-corrected chi connectivity index (χ3v) is 8.90. The molecule has 206 valence electrons. The molecule has 8 rings (SSSR count). The molecule has 0 radical (unpaired) electrons. The molecular weight excluding hydrogens is 518 g/mol. The first-order valence-corrected chi connectivity index (χ1v) is 15.1. The predicted molar refractivity (Wildman–Crippen MR) is 185 cm³/mol. The van der Waals surface area contributed by atoms with Gasteiger partial charge in [-0.05, 0) is 79.0 Å². The van der Waals surface area contributed by atoms with Gasteiger partial charge in [0.05, 0.1) is 11.0 Å². The largest absolute Gasteiger partial charge is 0.309 e. The fourth-order valence-electron chi connectivity index (χ4n) is 6.87. The number of nitrogens with zero attached hydrogens (tertiary/aromatic N) is 1. The molecule has 43 heavy (non-hydrogen) atoms. The molecule has 0 atom stereocenters. The number of para-hydroxylation sites is 2. The van der Waals surface area contributed by atoms with Crippen LogP contribution in [-0.2, 0) is 5.41 Å². The highest BCUT2D eigenvalue weighted by Gasteiger charge is 2.22. The lowest BCUT2D eigenvalue weighted by molar-refractivity contribution is 0.590. The molecule has 0 fully saturated rings. The van der Waals surface area contributed by atoms with Gasteiger partial charge in [0, 0.05) is 16.5 Å². The van der Waals surface area contributed by atoms with Crippen molar-refractivity contribution >= 4 is 43.4 Å². The van der Waals surface area contributed by atoms with Crippen LogP contribution in [0.25, 0.3) is 71.3 Å². The maximum atomic E-state index is 2.45. The summed E-state index contributed by atoms with van der Waals surface area (Å²) in [6.07, 6.45) is 0. The van der Waals surface area contributed by atoms with E-state index in [0.29, 0.717) is 0 Å². The van der Waals surface area contributed by atoms with E-state index >= 15 is 0 Å². The van der Waals surface area contributed by atoms with Gasteiger partial charge in [0.1, 0.15) is 0 Å². The lowest BCUT2D eigenvalue weighted by atomic mass is 9.82. The molecule has 0 aliphatic carbocycles. The zero-order chi connectivity index (χ0) is 29.1. The molecule has 0 bridgehead atoms. The molecule has 0 spiro atoms. The summed E-state index contributed by atoms with van der Waals surface area (Å²) in [4.78, 5) is 0. The number of hydrogen-bond acceptors (Lipinski definition) is 0. The quantitative estimate of drug-likeness (QED) is 0.192. The molecule has 1 aromatic heterocycles. The average Bonchev–Trinajstić information content (AvgIpc) is 3.38. The smallest absolute Gasteiger partial charge is 0.0541 e. The fourth-order valence-corrected chi connectivity index (χ4v) is 6.87. The van der Waals surface area contributed by atoms with Crippen LogP contribution in [0.3, 0.4) is 0 Å². The number of fused-ring (bicyclic) bond motifs is 5. The molecular formula is C42H33N. The molecule has 0 aliphatic heterocycles. The van der Waals surface area contributed by atoms with Gasteiger partial charge in [-0.2, -0.15) is 0 Å². The van der Waals surface area contributed by atoms with Crippen LogP contribution >= 0.6 is 0 Å². The van der Waals surface area contributed by atoms with Crippen LogP contribution in [0.5, 0.6) is 0 Å². The van der Waals surface area contributed by atoms with E-state index in [0.717, 1.165) is 0 Å². The number of rotatable bonds is 3. The van der Waals surface area contributed by atoms with Crippen LogP contribution in [0.1, 0.15) is 26.3 Å². The molecule has 1 heterocycles. The fraction of sp³-hybridized carbons (Fsp3) is 0.0952. The van der Waals surface area contributed by atoms with Crippen LogP contribution < -0.4 is 0 Å². The second kappa shape index (κ2) is 9.71. The summed E-state index contributed by atoms with van der Waals surface area (Å²) >= 11 is 0. The average molecular weight is 552 g/mol. The summed E-state index contributed by atoms with van der Waals surface area (Å²) in [6, 6.07) is 53.5. The lowest BCUT2D eigenvalue weighted by Gasteiger charge is -2.24. The minimum absolute atomic E-state index is 0.0287. The lowest BCUT2D eigenvalue weighted by Crippen LogP contribution is -2.12. The van der Waals surface area contributed by atoms with E-state index in [4.69, 9.17) is 0 Å². The first-order chi connectivity index (χ1) is 21.0. The Bertz CT molecular complexity index is 2200. The van der Waals surface area contributed by atoms with E-state index in [-0.39, 0.29) is 5.41 Å². The third-order valence-electron chi connectivity index (χ3n) is 8.90. The summed E-state index contributed by atoms with van der Waals surface area (Å²) in [5.74, 6) is 0. The van der Waals surface area contributed by atoms with Crippen molar-refractivity contribution in [3.63, 3.8) is 0 Å². The third kappa shape index (κ3) is 4.07. The van der Waals surface area contributed by atoms with Crippen LogP contribution in [-0.4, -0.2) is 4.57 Å². The minimum atomic E-state index is -0.0287. The minimum Gasteiger partial charge on any atom is -0.309 e. The zero-order valence-electron chi connectivity index (χ0n) is 24.8. The van der Waals surface area contributed by atoms with Crippen LogP contribution in [0.4, 0.5) is 0 Å². The van der Waals surface area contributed by atoms with E-state index in [1.165, 1.54) is 76.9 Å². The van der Waals surface area contributed by atoms with Crippen molar-refractivity contribution < 1.29 is 0 Å². The monoisotopic (exact) mass is 551 g/mol. The Morgan fingerprint density at radius 3 is 1.30 bits per heavy atom. The molecule has 0 unspecified atom stereocenters. The Balaban J connectivity index is 1.51. The van der Waals surface area contributed by atoms with Crippen molar-refractivity contribution in [2.75, 3.05) is 0 Å². The van der Waals surface area contributed by atoms with Gasteiger partial charge in [0.25, 0.3) is 0 Å². The molecule has 1 heteroatoms. The Hall–Kier alpha value is -5.14. The van der Waals surface area contributed by atoms with Gasteiger partial charge >= 0.3 is 0 Å². The van der Waals surface area contributed by atoms with Crippen LogP contribution in [0.15, 0.2) is 146 Å². The summed E-state index contributed by atoms with van der Waals surface area (Å²) in [5.41, 5.74) is 10.0. The van der Waals surface area contributed by atoms with Crippen molar-refractivity contribution in [1.29, 1.82) is 0 Å². The Kier molecular flexibility index (Phi) is 5.77. The van der Waals surface area contributed by atoms with Crippen molar-refractivity contribution in [3.8, 4) is 27.9 Å². The highest BCUT2D eigenvalue weighted by atomic mass is 15.0. The predicted octanol–water partition coefficient (Wildman–Crippen LogP) is 11.7. The normalized spacial score (nSPS) is 12.1. The number of benzene rings is 7. The Labute approximate surface area is 252 Å². The number of aromatic nitrogens is 1. The molecule has 0 N–H and O–H groups in total. The van der Waals surface area contributed by atoms with E-state index < -0.39 is 0 Å². The van der Waals surface area contributed by atoms with Gasteiger partial charge in [-0.25, -0.2) is 0 Å². The van der Waals surface area contributed by atoms with E-state index in [1.807, 2.05) is 0 Å². The molecule has 1 nitrogen and oxygen atoms in total. The van der Waals surface area contributed by atoms with Crippen molar-refractivity contribution in [3.05, 3.63) is 151 Å². The van der Waals surface area contributed by atoms with Gasteiger partial charge in [-0.15, -0.1) is 0 Å². The van der Waals surface area contributed by atoms with Crippen LogP contribution in [0, 0.1) is 0 Å². The molecule has 0 saturated carbocycles. The topological polar surface area (TPSA) is 4.93 Å².